The highest BCUT2D eigenvalue weighted by molar-refractivity contribution is 6.33. The second kappa shape index (κ2) is 6.38. The molecule has 0 unspecified atom stereocenters. The molecule has 5 nitrogen and oxygen atoms in total. The number of carbonyl (C=O) groups excluding carboxylic acids is 1. The van der Waals surface area contributed by atoms with Crippen LogP contribution in [-0.4, -0.2) is 23.1 Å². The van der Waals surface area contributed by atoms with Crippen molar-refractivity contribution in [2.45, 2.75) is 19.9 Å². The predicted octanol–water partition coefficient (Wildman–Crippen LogP) is 2.71. The molecule has 7 heteroatoms. The van der Waals surface area contributed by atoms with Crippen LogP contribution < -0.4 is 10.6 Å². The number of rotatable bonds is 4. The van der Waals surface area contributed by atoms with Gasteiger partial charge in [0.2, 0.25) is 0 Å². The van der Waals surface area contributed by atoms with Crippen LogP contribution >= 0.6 is 11.6 Å². The van der Waals surface area contributed by atoms with Crippen molar-refractivity contribution in [2.75, 3.05) is 5.32 Å². The fraction of sp³-hybridized carbons (Fsp3) is 0.333. The van der Waals surface area contributed by atoms with Crippen LogP contribution in [0.3, 0.4) is 0 Å². The Hall–Kier alpha value is -1.82. The quantitative estimate of drug-likeness (QED) is 0.797. The van der Waals surface area contributed by atoms with Gasteiger partial charge in [0.25, 0.3) is 0 Å². The van der Waals surface area contributed by atoms with Gasteiger partial charge in [0.1, 0.15) is 11.9 Å². The van der Waals surface area contributed by atoms with E-state index in [1.54, 1.807) is 13.8 Å². The Balaban J connectivity index is 2.74. The summed E-state index contributed by atoms with van der Waals surface area (Å²) in [6.07, 6.45) is 0. The highest BCUT2D eigenvalue weighted by atomic mass is 35.5. The number of hydrogen-bond donors (Lipinski definition) is 3. The maximum Gasteiger partial charge on any atom is 0.326 e. The molecule has 0 saturated carbocycles. The van der Waals surface area contributed by atoms with E-state index >= 15 is 0 Å². The van der Waals surface area contributed by atoms with Crippen LogP contribution in [0.5, 0.6) is 0 Å². The average molecular weight is 289 g/mol. The molecule has 0 bridgehead atoms. The minimum absolute atomic E-state index is 0.0760. The van der Waals surface area contributed by atoms with Crippen molar-refractivity contribution in [2.24, 2.45) is 5.92 Å². The molecule has 0 heterocycles. The molecule has 1 aromatic rings. The van der Waals surface area contributed by atoms with Gasteiger partial charge in [0.15, 0.2) is 0 Å². The van der Waals surface area contributed by atoms with Crippen molar-refractivity contribution >= 4 is 29.3 Å². The smallest absolute Gasteiger partial charge is 0.326 e. The summed E-state index contributed by atoms with van der Waals surface area (Å²) in [6, 6.07) is 1.71. The molecule has 0 spiro atoms. The van der Waals surface area contributed by atoms with E-state index in [1.165, 1.54) is 6.07 Å². The summed E-state index contributed by atoms with van der Waals surface area (Å²) >= 11 is 5.78. The fourth-order valence-electron chi connectivity index (χ4n) is 1.41. The zero-order valence-corrected chi connectivity index (χ0v) is 11.2. The molecule has 0 aliphatic rings. The first-order valence-corrected chi connectivity index (χ1v) is 5.94. The van der Waals surface area contributed by atoms with Gasteiger partial charge in [0.05, 0.1) is 10.7 Å². The number of benzene rings is 1. The summed E-state index contributed by atoms with van der Waals surface area (Å²) in [6.45, 7) is 3.32. The number of carboxylic acid groups (broad SMARTS) is 1. The van der Waals surface area contributed by atoms with E-state index < -0.39 is 23.9 Å². The lowest BCUT2D eigenvalue weighted by atomic mass is 10.1. The maximum absolute atomic E-state index is 13.0. The molecule has 0 aliphatic carbocycles. The third-order valence-corrected chi connectivity index (χ3v) is 2.73. The van der Waals surface area contributed by atoms with Crippen LogP contribution in [0.2, 0.25) is 5.02 Å². The topological polar surface area (TPSA) is 78.4 Å². The monoisotopic (exact) mass is 288 g/mol. The first-order chi connectivity index (χ1) is 8.81. The van der Waals surface area contributed by atoms with Crippen LogP contribution in [-0.2, 0) is 4.79 Å². The van der Waals surface area contributed by atoms with E-state index in [-0.39, 0.29) is 16.6 Å². The lowest BCUT2D eigenvalue weighted by molar-refractivity contribution is -0.140. The highest BCUT2D eigenvalue weighted by Gasteiger charge is 2.23. The molecule has 0 saturated heterocycles. The summed E-state index contributed by atoms with van der Waals surface area (Å²) in [5.41, 5.74) is 0.0760. The Morgan fingerprint density at radius 2 is 2.00 bits per heavy atom. The van der Waals surface area contributed by atoms with Crippen molar-refractivity contribution in [1.82, 2.24) is 5.32 Å². The van der Waals surface area contributed by atoms with Crippen LogP contribution in [0.25, 0.3) is 0 Å². The third-order valence-electron chi connectivity index (χ3n) is 2.40. The zero-order valence-electron chi connectivity index (χ0n) is 10.4. The van der Waals surface area contributed by atoms with Crippen molar-refractivity contribution in [3.8, 4) is 0 Å². The Morgan fingerprint density at radius 3 is 2.53 bits per heavy atom. The van der Waals surface area contributed by atoms with Crippen LogP contribution in [0.15, 0.2) is 18.2 Å². The first kappa shape index (κ1) is 15.2. The molecule has 1 atom stereocenters. The molecule has 1 aromatic carbocycles. The Morgan fingerprint density at radius 1 is 1.37 bits per heavy atom. The molecular weight excluding hydrogens is 275 g/mol. The van der Waals surface area contributed by atoms with E-state index in [2.05, 4.69) is 10.6 Å². The fourth-order valence-corrected chi connectivity index (χ4v) is 1.57. The van der Waals surface area contributed by atoms with Gasteiger partial charge >= 0.3 is 12.0 Å². The normalized spacial score (nSPS) is 12.1. The summed E-state index contributed by atoms with van der Waals surface area (Å²) in [5, 5.41) is 13.7. The molecule has 0 aromatic heterocycles. The SMILES string of the molecule is CC(C)[C@@H](NC(=O)Nc1cc(F)ccc1Cl)C(=O)O. The average Bonchev–Trinajstić information content (AvgIpc) is 2.30. The number of carboxylic acids is 1. The van der Waals surface area contributed by atoms with E-state index in [0.717, 1.165) is 12.1 Å². The maximum atomic E-state index is 13.0. The largest absolute Gasteiger partial charge is 0.480 e. The van der Waals surface area contributed by atoms with E-state index in [4.69, 9.17) is 16.7 Å². The van der Waals surface area contributed by atoms with Gasteiger partial charge in [0, 0.05) is 0 Å². The lowest BCUT2D eigenvalue weighted by Gasteiger charge is -2.18. The zero-order chi connectivity index (χ0) is 14.6. The standard InChI is InChI=1S/C12H14ClFN2O3/c1-6(2)10(11(17)18)16-12(19)15-9-5-7(14)3-4-8(9)13/h3-6,10H,1-2H3,(H,17,18)(H2,15,16,19)/t10-/m1/s1. The summed E-state index contributed by atoms with van der Waals surface area (Å²) in [5.74, 6) is -1.99. The first-order valence-electron chi connectivity index (χ1n) is 5.56. The van der Waals surface area contributed by atoms with Gasteiger partial charge in [-0.25, -0.2) is 14.0 Å². The summed E-state index contributed by atoms with van der Waals surface area (Å²) in [7, 11) is 0. The molecule has 2 amide bonds. The number of hydrogen-bond acceptors (Lipinski definition) is 2. The second-order valence-corrected chi connectivity index (χ2v) is 4.69. The van der Waals surface area contributed by atoms with E-state index in [1.807, 2.05) is 0 Å². The van der Waals surface area contributed by atoms with E-state index in [0.29, 0.717) is 0 Å². The lowest BCUT2D eigenvalue weighted by Crippen LogP contribution is -2.46. The number of amides is 2. The number of urea groups is 1. The van der Waals surface area contributed by atoms with Gasteiger partial charge in [-0.3, -0.25) is 0 Å². The number of anilines is 1. The summed E-state index contributed by atoms with van der Waals surface area (Å²) < 4.78 is 13.0. The minimum atomic E-state index is -1.14. The van der Waals surface area contributed by atoms with Crippen LogP contribution in [0, 0.1) is 11.7 Å². The van der Waals surface area contributed by atoms with Gasteiger partial charge in [-0.1, -0.05) is 25.4 Å². The molecule has 0 radical (unpaired) electrons. The van der Waals surface area contributed by atoms with Gasteiger partial charge in [-0.2, -0.15) is 0 Å². The van der Waals surface area contributed by atoms with Gasteiger partial charge in [-0.15, -0.1) is 0 Å². The molecular formula is C12H14ClFN2O3. The van der Waals surface area contributed by atoms with Crippen LogP contribution in [0.1, 0.15) is 13.8 Å². The van der Waals surface area contributed by atoms with Crippen molar-refractivity contribution in [3.63, 3.8) is 0 Å². The second-order valence-electron chi connectivity index (χ2n) is 4.28. The number of aliphatic carboxylic acids is 1. The Bertz CT molecular complexity index is 494. The molecule has 104 valence electrons. The molecule has 0 fully saturated rings. The third kappa shape index (κ3) is 4.40. The van der Waals surface area contributed by atoms with Gasteiger partial charge < -0.3 is 15.7 Å². The number of halogens is 2. The highest BCUT2D eigenvalue weighted by Crippen LogP contribution is 2.22. The van der Waals surface area contributed by atoms with Crippen molar-refractivity contribution in [1.29, 1.82) is 0 Å². The Kier molecular flexibility index (Phi) is 5.11. The molecule has 1 rings (SSSR count). The van der Waals surface area contributed by atoms with Crippen molar-refractivity contribution < 1.29 is 19.1 Å². The molecule has 3 N–H and O–H groups in total. The summed E-state index contributed by atoms with van der Waals surface area (Å²) in [4.78, 5) is 22.6. The van der Waals surface area contributed by atoms with Crippen LogP contribution in [0.4, 0.5) is 14.9 Å². The number of nitrogens with one attached hydrogen (secondary N) is 2. The molecule has 19 heavy (non-hydrogen) atoms. The van der Waals surface area contributed by atoms with Gasteiger partial charge in [-0.05, 0) is 24.1 Å². The molecule has 0 aliphatic heterocycles. The van der Waals surface area contributed by atoms with Crippen molar-refractivity contribution in [3.05, 3.63) is 29.0 Å². The predicted molar refractivity (Wildman–Crippen MR) is 69.8 cm³/mol. The Labute approximate surface area is 114 Å². The van der Waals surface area contributed by atoms with E-state index in [9.17, 15) is 14.0 Å². The minimum Gasteiger partial charge on any atom is -0.480 e. The number of carbonyl (C=O) groups is 2.